The van der Waals surface area contributed by atoms with E-state index in [9.17, 15) is 9.59 Å². The lowest BCUT2D eigenvalue weighted by Crippen LogP contribution is -2.48. The van der Waals surface area contributed by atoms with Crippen molar-refractivity contribution in [2.75, 3.05) is 57.4 Å². The fraction of sp³-hybridized carbons (Fsp3) is 0.414. The zero-order chi connectivity index (χ0) is 26.3. The number of benzene rings is 1. The number of hydrogen-bond donors (Lipinski definition) is 2. The number of hydrogen-bond acceptors (Lipinski definition) is 7. The van der Waals surface area contributed by atoms with Crippen LogP contribution in [0, 0.1) is 0 Å². The van der Waals surface area contributed by atoms with Gasteiger partial charge in [0.25, 0.3) is 11.8 Å². The van der Waals surface area contributed by atoms with E-state index >= 15 is 0 Å². The normalized spacial score (nSPS) is 19.2. The number of amides is 2. The number of morpholine rings is 1. The fourth-order valence-electron chi connectivity index (χ4n) is 5.55. The number of anilines is 1. The van der Waals surface area contributed by atoms with Crippen molar-refractivity contribution in [1.29, 1.82) is 0 Å². The number of thiophene rings is 1. The maximum Gasteiger partial charge on any atom is 0.262 e. The van der Waals surface area contributed by atoms with Crippen LogP contribution in [0.5, 0.6) is 0 Å². The van der Waals surface area contributed by atoms with Gasteiger partial charge in [-0.2, -0.15) is 0 Å². The molecule has 0 bridgehead atoms. The Bertz CT molecular complexity index is 1370. The molecule has 3 aliphatic heterocycles. The number of piperazine rings is 1. The maximum absolute atomic E-state index is 13.1. The number of pyridine rings is 1. The average Bonchev–Trinajstić information content (AvgIpc) is 3.32. The number of nitrogens with zero attached hydrogens (tertiary/aromatic N) is 3. The van der Waals surface area contributed by atoms with Crippen LogP contribution in [0.15, 0.2) is 42.6 Å². The molecule has 1 aromatic carbocycles. The molecular weight excluding hydrogens is 498 g/mol. The summed E-state index contributed by atoms with van der Waals surface area (Å²) in [5, 5.41) is 7.58. The minimum atomic E-state index is -0.323. The molecule has 0 radical (unpaired) electrons. The van der Waals surface area contributed by atoms with Gasteiger partial charge in [-0.25, -0.2) is 0 Å². The molecule has 0 unspecified atom stereocenters. The predicted octanol–water partition coefficient (Wildman–Crippen LogP) is 3.42. The summed E-state index contributed by atoms with van der Waals surface area (Å²) < 4.78 is 5.61. The van der Waals surface area contributed by atoms with Crippen molar-refractivity contribution >= 4 is 28.2 Å². The molecule has 3 aromatic rings. The van der Waals surface area contributed by atoms with Crippen LogP contribution in [-0.4, -0.2) is 79.7 Å². The minimum Gasteiger partial charge on any atom is -0.378 e. The van der Waals surface area contributed by atoms with Crippen LogP contribution in [0.3, 0.4) is 0 Å². The highest BCUT2D eigenvalue weighted by Gasteiger charge is 2.36. The smallest absolute Gasteiger partial charge is 0.262 e. The van der Waals surface area contributed by atoms with Crippen LogP contribution < -0.4 is 15.5 Å². The van der Waals surface area contributed by atoms with Crippen molar-refractivity contribution in [3.63, 3.8) is 0 Å². The largest absolute Gasteiger partial charge is 0.378 e. The fourth-order valence-corrected chi connectivity index (χ4v) is 6.84. The van der Waals surface area contributed by atoms with Crippen LogP contribution in [0.2, 0.25) is 0 Å². The third kappa shape index (κ3) is 4.81. The minimum absolute atomic E-state index is 0.00425. The van der Waals surface area contributed by atoms with E-state index in [4.69, 9.17) is 4.74 Å². The van der Waals surface area contributed by atoms with E-state index in [1.165, 1.54) is 0 Å². The van der Waals surface area contributed by atoms with E-state index in [1.807, 2.05) is 41.4 Å². The first-order valence-corrected chi connectivity index (χ1v) is 14.1. The van der Waals surface area contributed by atoms with Gasteiger partial charge in [-0.15, -0.1) is 11.3 Å². The second-order valence-electron chi connectivity index (χ2n) is 10.8. The Labute approximate surface area is 227 Å². The summed E-state index contributed by atoms with van der Waals surface area (Å²) in [5.41, 5.74) is 5.33. The number of carbonyl (C=O) groups is 2. The maximum atomic E-state index is 13.1. The molecule has 5 heterocycles. The Morgan fingerprint density at radius 3 is 2.63 bits per heavy atom. The molecule has 2 N–H and O–H groups in total. The van der Waals surface area contributed by atoms with Crippen molar-refractivity contribution in [3.8, 4) is 22.4 Å². The Balaban J connectivity index is 1.40. The number of carbonyl (C=O) groups excluding carboxylic acids is 2. The molecule has 2 fully saturated rings. The standard InChI is InChI=1S/C29H33N5O3S/c1-29(2)18-22-24(28(34-12-14-37-15-13-34)38-25(22)26(35)32-29)20-6-7-31-23(17-20)19-4-3-5-21(16-19)27(36)33-10-8-30-9-11-33/h3-7,16-17,30H,8-15,18H2,1-2H3,(H,32,35). The van der Waals surface area contributed by atoms with Gasteiger partial charge in [0.1, 0.15) is 5.00 Å². The zero-order valence-electron chi connectivity index (χ0n) is 21.9. The molecule has 198 valence electrons. The van der Waals surface area contributed by atoms with Gasteiger partial charge in [-0.05, 0) is 55.7 Å². The third-order valence-electron chi connectivity index (χ3n) is 7.42. The second-order valence-corrected chi connectivity index (χ2v) is 11.8. The molecule has 0 saturated carbocycles. The van der Waals surface area contributed by atoms with Crippen LogP contribution >= 0.6 is 11.3 Å². The van der Waals surface area contributed by atoms with E-state index < -0.39 is 0 Å². The summed E-state index contributed by atoms with van der Waals surface area (Å²) in [6.45, 7) is 10.2. The summed E-state index contributed by atoms with van der Waals surface area (Å²) in [6.07, 6.45) is 2.59. The Morgan fingerprint density at radius 2 is 1.84 bits per heavy atom. The lowest BCUT2D eigenvalue weighted by atomic mass is 9.87. The lowest BCUT2D eigenvalue weighted by Gasteiger charge is -2.31. The van der Waals surface area contributed by atoms with Gasteiger partial charge < -0.3 is 25.2 Å². The molecule has 9 heteroatoms. The van der Waals surface area contributed by atoms with Gasteiger partial charge in [-0.3, -0.25) is 14.6 Å². The SMILES string of the molecule is CC1(C)Cc2c(sc(N3CCOCC3)c2-c2ccnc(-c3cccc(C(=O)N4CCNCC4)c3)c2)C(=O)N1. The number of fused-ring (bicyclic) bond motifs is 1. The first kappa shape index (κ1) is 25.0. The molecule has 0 spiro atoms. The summed E-state index contributed by atoms with van der Waals surface area (Å²) in [7, 11) is 0. The van der Waals surface area contributed by atoms with Crippen molar-refractivity contribution in [1.82, 2.24) is 20.5 Å². The van der Waals surface area contributed by atoms with Crippen molar-refractivity contribution in [3.05, 3.63) is 58.6 Å². The highest BCUT2D eigenvalue weighted by molar-refractivity contribution is 7.19. The van der Waals surface area contributed by atoms with Gasteiger partial charge in [-0.1, -0.05) is 12.1 Å². The molecule has 2 saturated heterocycles. The molecular formula is C29H33N5O3S. The van der Waals surface area contributed by atoms with E-state index in [0.717, 1.165) is 70.4 Å². The summed E-state index contributed by atoms with van der Waals surface area (Å²) >= 11 is 1.58. The number of aromatic nitrogens is 1. The van der Waals surface area contributed by atoms with Crippen LogP contribution in [-0.2, 0) is 11.2 Å². The van der Waals surface area contributed by atoms with Crippen molar-refractivity contribution < 1.29 is 14.3 Å². The number of rotatable bonds is 4. The average molecular weight is 532 g/mol. The molecule has 3 aliphatic rings. The first-order valence-electron chi connectivity index (χ1n) is 13.3. The van der Waals surface area contributed by atoms with Gasteiger partial charge >= 0.3 is 0 Å². The lowest BCUT2D eigenvalue weighted by molar-refractivity contribution is 0.0735. The monoisotopic (exact) mass is 531 g/mol. The molecule has 2 amide bonds. The molecule has 2 aromatic heterocycles. The summed E-state index contributed by atoms with van der Waals surface area (Å²) in [4.78, 5) is 36.0. The third-order valence-corrected chi connectivity index (χ3v) is 8.71. The number of ether oxygens (including phenoxy) is 1. The Morgan fingerprint density at radius 1 is 1.05 bits per heavy atom. The van der Waals surface area contributed by atoms with Crippen LogP contribution in [0.25, 0.3) is 22.4 Å². The van der Waals surface area contributed by atoms with Gasteiger partial charge in [0.05, 0.1) is 23.8 Å². The summed E-state index contributed by atoms with van der Waals surface area (Å²) in [6, 6.07) is 11.9. The van der Waals surface area contributed by atoms with Crippen molar-refractivity contribution in [2.24, 2.45) is 0 Å². The van der Waals surface area contributed by atoms with Gasteiger partial charge in [0.15, 0.2) is 0 Å². The van der Waals surface area contributed by atoms with Crippen molar-refractivity contribution in [2.45, 2.75) is 25.8 Å². The Hall–Kier alpha value is -3.27. The number of nitrogens with one attached hydrogen (secondary N) is 2. The van der Waals surface area contributed by atoms with Crippen LogP contribution in [0.4, 0.5) is 5.00 Å². The summed E-state index contributed by atoms with van der Waals surface area (Å²) in [5.74, 6) is 0.0506. The highest BCUT2D eigenvalue weighted by atomic mass is 32.1. The molecule has 6 rings (SSSR count). The van der Waals surface area contributed by atoms with Gasteiger partial charge in [0.2, 0.25) is 0 Å². The zero-order valence-corrected chi connectivity index (χ0v) is 22.7. The molecule has 0 aliphatic carbocycles. The van der Waals surface area contributed by atoms with E-state index in [1.54, 1.807) is 11.3 Å². The Kier molecular flexibility index (Phi) is 6.67. The molecule has 38 heavy (non-hydrogen) atoms. The predicted molar refractivity (Wildman–Crippen MR) is 150 cm³/mol. The quantitative estimate of drug-likeness (QED) is 0.537. The van der Waals surface area contributed by atoms with Crippen LogP contribution in [0.1, 0.15) is 39.4 Å². The highest BCUT2D eigenvalue weighted by Crippen LogP contribution is 2.46. The van der Waals surface area contributed by atoms with E-state index in [0.29, 0.717) is 31.9 Å². The topological polar surface area (TPSA) is 86.8 Å². The van der Waals surface area contributed by atoms with Gasteiger partial charge in [0, 0.05) is 67.7 Å². The molecule has 0 atom stereocenters. The van der Waals surface area contributed by atoms with E-state index in [-0.39, 0.29) is 17.4 Å². The first-order chi connectivity index (χ1) is 18.4. The molecule has 8 nitrogen and oxygen atoms in total. The second kappa shape index (κ2) is 10.1. The van der Waals surface area contributed by atoms with E-state index in [2.05, 4.69) is 40.4 Å².